The highest BCUT2D eigenvalue weighted by Crippen LogP contribution is 2.31. The van der Waals surface area contributed by atoms with E-state index in [-0.39, 0.29) is 11.4 Å². The van der Waals surface area contributed by atoms with Gasteiger partial charge in [-0.3, -0.25) is 5.41 Å². The number of hydrogen-bond donors (Lipinski definition) is 3. The van der Waals surface area contributed by atoms with Crippen LogP contribution in [0.15, 0.2) is 41.6 Å². The zero-order chi connectivity index (χ0) is 18.7. The van der Waals surface area contributed by atoms with Crippen molar-refractivity contribution >= 4 is 17.5 Å². The number of carboxylic acids is 1. The fourth-order valence-corrected chi connectivity index (χ4v) is 2.79. The average molecular weight is 338 g/mol. The number of aromatic carboxylic acids is 1. The minimum Gasteiger partial charge on any atom is -0.478 e. The van der Waals surface area contributed by atoms with Gasteiger partial charge < -0.3 is 5.11 Å². The van der Waals surface area contributed by atoms with Crippen molar-refractivity contribution in [1.29, 1.82) is 10.9 Å². The molecule has 0 radical (unpaired) electrons. The normalized spacial score (nSPS) is 10.6. The van der Waals surface area contributed by atoms with Gasteiger partial charge in [0.2, 0.25) is 0 Å². The van der Waals surface area contributed by atoms with Crippen LogP contribution in [0.4, 0.5) is 5.69 Å². The second-order valence-electron chi connectivity index (χ2n) is 6.30. The molecule has 0 aromatic heterocycles. The molecule has 3 N–H and O–H groups in total. The van der Waals surface area contributed by atoms with Gasteiger partial charge in [-0.15, -0.1) is 0 Å². The van der Waals surface area contributed by atoms with Gasteiger partial charge in [-0.2, -0.15) is 5.53 Å². The first-order chi connectivity index (χ1) is 11.7. The lowest BCUT2D eigenvalue weighted by Gasteiger charge is -2.18. The van der Waals surface area contributed by atoms with Crippen molar-refractivity contribution in [3.05, 3.63) is 53.1 Å². The van der Waals surface area contributed by atoms with Crippen molar-refractivity contribution in [2.45, 2.75) is 33.6 Å². The molecule has 0 amide bonds. The molecule has 0 atom stereocenters. The maximum atomic E-state index is 11.5. The van der Waals surface area contributed by atoms with Crippen LogP contribution >= 0.6 is 0 Å². The topological polar surface area (TPSA) is 101 Å². The summed E-state index contributed by atoms with van der Waals surface area (Å²) >= 11 is 0. The minimum absolute atomic E-state index is 0.0373. The maximum Gasteiger partial charge on any atom is 0.335 e. The Morgan fingerprint density at radius 2 is 1.84 bits per heavy atom. The predicted molar refractivity (Wildman–Crippen MR) is 98.7 cm³/mol. The molecule has 0 aliphatic heterocycles. The molecular formula is C19H22N4O2. The Morgan fingerprint density at radius 1 is 1.16 bits per heavy atom. The molecule has 0 saturated carbocycles. The number of carboxylic acid groups (broad SMARTS) is 1. The van der Waals surface area contributed by atoms with Gasteiger partial charge in [-0.05, 0) is 60.2 Å². The summed E-state index contributed by atoms with van der Waals surface area (Å²) in [5, 5.41) is 21.5. The summed E-state index contributed by atoms with van der Waals surface area (Å²) in [6, 6.07) is 10.8. The number of benzene rings is 2. The Labute approximate surface area is 147 Å². The zero-order valence-corrected chi connectivity index (χ0v) is 14.8. The van der Waals surface area contributed by atoms with Gasteiger partial charge in [-0.25, -0.2) is 9.80 Å². The standard InChI is InChI=1S/C19H22N4O2/c1-11(2)18-10-14(6-5-12(18)3)15-7-16(19(24)25)9-17(8-15)23(22-21)13(4)20/h5-11,20-21H,1-4H3,(H,24,25). The molecule has 6 nitrogen and oxygen atoms in total. The van der Waals surface area contributed by atoms with E-state index in [4.69, 9.17) is 10.9 Å². The number of nitrogens with one attached hydrogen (secondary N) is 2. The van der Waals surface area contributed by atoms with E-state index in [1.54, 1.807) is 12.1 Å². The highest BCUT2D eigenvalue weighted by molar-refractivity contribution is 5.97. The molecule has 6 heteroatoms. The Morgan fingerprint density at radius 3 is 2.36 bits per heavy atom. The third-order valence-electron chi connectivity index (χ3n) is 4.06. The van der Waals surface area contributed by atoms with E-state index in [0.717, 1.165) is 10.6 Å². The van der Waals surface area contributed by atoms with Crippen molar-refractivity contribution in [2.24, 2.45) is 5.22 Å². The maximum absolute atomic E-state index is 11.5. The van der Waals surface area contributed by atoms with Crippen LogP contribution in [0.25, 0.3) is 11.1 Å². The summed E-state index contributed by atoms with van der Waals surface area (Å²) in [7, 11) is 0. The summed E-state index contributed by atoms with van der Waals surface area (Å²) in [6.45, 7) is 7.78. The van der Waals surface area contributed by atoms with Crippen LogP contribution in [0.5, 0.6) is 0 Å². The largest absolute Gasteiger partial charge is 0.478 e. The molecular weight excluding hydrogens is 316 g/mol. The SMILES string of the molecule is CC(=N)N(N=N)c1cc(C(=O)O)cc(-c2ccc(C)c(C(C)C)c2)c1. The number of carbonyl (C=O) groups is 1. The van der Waals surface area contributed by atoms with Crippen molar-refractivity contribution in [2.75, 3.05) is 5.01 Å². The summed E-state index contributed by atoms with van der Waals surface area (Å²) in [5.41, 5.74) is 11.7. The molecule has 0 unspecified atom stereocenters. The minimum atomic E-state index is -1.06. The molecule has 0 fully saturated rings. The van der Waals surface area contributed by atoms with E-state index in [2.05, 4.69) is 32.1 Å². The molecule has 0 saturated heterocycles. The number of amidine groups is 1. The zero-order valence-electron chi connectivity index (χ0n) is 14.8. The summed E-state index contributed by atoms with van der Waals surface area (Å²) in [6.07, 6.45) is 0. The molecule has 2 aromatic carbocycles. The first kappa shape index (κ1) is 18.3. The predicted octanol–water partition coefficient (Wildman–Crippen LogP) is 5.23. The highest BCUT2D eigenvalue weighted by atomic mass is 16.4. The summed E-state index contributed by atoms with van der Waals surface area (Å²) in [5.74, 6) is -0.673. The Bertz CT molecular complexity index is 843. The molecule has 130 valence electrons. The van der Waals surface area contributed by atoms with Crippen molar-refractivity contribution in [3.8, 4) is 11.1 Å². The molecule has 25 heavy (non-hydrogen) atoms. The first-order valence-electron chi connectivity index (χ1n) is 7.96. The number of hydrogen-bond acceptors (Lipinski definition) is 4. The van der Waals surface area contributed by atoms with E-state index in [0.29, 0.717) is 17.2 Å². The van der Waals surface area contributed by atoms with Crippen molar-refractivity contribution in [1.82, 2.24) is 0 Å². The Hall–Kier alpha value is -3.02. The Balaban J connectivity index is 2.67. The van der Waals surface area contributed by atoms with Crippen LogP contribution in [0.3, 0.4) is 0 Å². The quantitative estimate of drug-likeness (QED) is 0.301. The molecule has 0 aliphatic rings. The van der Waals surface area contributed by atoms with Crippen LogP contribution in [-0.4, -0.2) is 16.9 Å². The van der Waals surface area contributed by atoms with E-state index >= 15 is 0 Å². The lowest BCUT2D eigenvalue weighted by Crippen LogP contribution is -2.21. The van der Waals surface area contributed by atoms with Gasteiger partial charge in [0.15, 0.2) is 0 Å². The lowest BCUT2D eigenvalue weighted by atomic mass is 9.92. The number of anilines is 1. The third kappa shape index (κ3) is 3.91. The smallest absolute Gasteiger partial charge is 0.335 e. The summed E-state index contributed by atoms with van der Waals surface area (Å²) < 4.78 is 0. The number of aryl methyl sites for hydroxylation is 1. The van der Waals surface area contributed by atoms with Gasteiger partial charge in [-0.1, -0.05) is 37.3 Å². The molecule has 0 bridgehead atoms. The molecule has 0 aliphatic carbocycles. The fourth-order valence-electron chi connectivity index (χ4n) is 2.79. The van der Waals surface area contributed by atoms with E-state index in [1.165, 1.54) is 24.1 Å². The first-order valence-corrected chi connectivity index (χ1v) is 7.96. The lowest BCUT2D eigenvalue weighted by molar-refractivity contribution is 0.0697. The van der Waals surface area contributed by atoms with Gasteiger partial charge in [0, 0.05) is 0 Å². The van der Waals surface area contributed by atoms with E-state index in [9.17, 15) is 9.90 Å². The number of rotatable bonds is 5. The monoisotopic (exact) mass is 338 g/mol. The molecule has 0 heterocycles. The third-order valence-corrected chi connectivity index (χ3v) is 4.06. The number of nitrogens with zero attached hydrogens (tertiary/aromatic N) is 2. The van der Waals surface area contributed by atoms with Crippen molar-refractivity contribution in [3.63, 3.8) is 0 Å². The van der Waals surface area contributed by atoms with Crippen LogP contribution in [0, 0.1) is 17.9 Å². The van der Waals surface area contributed by atoms with Crippen LogP contribution in [-0.2, 0) is 0 Å². The summed E-state index contributed by atoms with van der Waals surface area (Å²) in [4.78, 5) is 11.5. The Kier molecular flexibility index (Phi) is 5.32. The fraction of sp³-hybridized carbons (Fsp3) is 0.263. The van der Waals surface area contributed by atoms with E-state index in [1.807, 2.05) is 12.1 Å². The van der Waals surface area contributed by atoms with Gasteiger partial charge in [0.25, 0.3) is 0 Å². The van der Waals surface area contributed by atoms with Gasteiger partial charge >= 0.3 is 5.97 Å². The molecule has 2 aromatic rings. The highest BCUT2D eigenvalue weighted by Gasteiger charge is 2.15. The van der Waals surface area contributed by atoms with Crippen LogP contribution in [0.2, 0.25) is 0 Å². The van der Waals surface area contributed by atoms with Crippen molar-refractivity contribution < 1.29 is 9.90 Å². The average Bonchev–Trinajstić information content (AvgIpc) is 2.55. The molecule has 2 rings (SSSR count). The van der Waals surface area contributed by atoms with E-state index < -0.39 is 5.97 Å². The molecule has 0 spiro atoms. The second-order valence-corrected chi connectivity index (χ2v) is 6.30. The van der Waals surface area contributed by atoms with Gasteiger partial charge in [0.05, 0.1) is 11.3 Å². The van der Waals surface area contributed by atoms with Crippen LogP contribution in [0.1, 0.15) is 48.2 Å². The second kappa shape index (κ2) is 7.25. The van der Waals surface area contributed by atoms with Gasteiger partial charge in [0.1, 0.15) is 5.84 Å². The van der Waals surface area contributed by atoms with Crippen LogP contribution < -0.4 is 5.01 Å².